The zero-order valence-corrected chi connectivity index (χ0v) is 25.0. The number of hydrogen-bond acceptors (Lipinski definition) is 1. The molecular formula is C38H42NO+. The van der Waals surface area contributed by atoms with E-state index < -0.39 is 0 Å². The predicted octanol–water partition coefficient (Wildman–Crippen LogP) is 10.1. The van der Waals surface area contributed by atoms with Crippen LogP contribution in [0.4, 0.5) is 0 Å². The van der Waals surface area contributed by atoms with Gasteiger partial charge >= 0.3 is 0 Å². The van der Waals surface area contributed by atoms with E-state index in [4.69, 9.17) is 4.42 Å². The lowest BCUT2D eigenvalue weighted by Gasteiger charge is -2.30. The van der Waals surface area contributed by atoms with E-state index in [2.05, 4.69) is 113 Å². The predicted molar refractivity (Wildman–Crippen MR) is 167 cm³/mol. The molecule has 0 N–H and O–H groups in total. The molecule has 204 valence electrons. The number of rotatable bonds is 3. The lowest BCUT2D eigenvalue weighted by molar-refractivity contribution is -0.660. The molecule has 5 aromatic rings. The minimum Gasteiger partial charge on any atom is -0.454 e. The van der Waals surface area contributed by atoms with Gasteiger partial charge in [0.15, 0.2) is 6.20 Å². The van der Waals surface area contributed by atoms with Gasteiger partial charge in [-0.2, -0.15) is 0 Å². The number of aryl methyl sites for hydroxylation is 2. The van der Waals surface area contributed by atoms with E-state index in [0.29, 0.717) is 5.92 Å². The Morgan fingerprint density at radius 3 is 2.25 bits per heavy atom. The van der Waals surface area contributed by atoms with Gasteiger partial charge in [0.25, 0.3) is 0 Å². The summed E-state index contributed by atoms with van der Waals surface area (Å²) in [4.78, 5) is 0. The Morgan fingerprint density at radius 2 is 1.48 bits per heavy atom. The van der Waals surface area contributed by atoms with Crippen molar-refractivity contribution in [3.8, 4) is 22.4 Å². The largest absolute Gasteiger partial charge is 0.454 e. The third kappa shape index (κ3) is 3.79. The van der Waals surface area contributed by atoms with Crippen molar-refractivity contribution in [2.24, 2.45) is 7.05 Å². The standard InChI is InChI=1S/C38H42NO/c1-24-18-19-30-29-16-12-15-28(35(29)40-36(30)32(24)31-17-10-11-22-39(31)6)27-21-20-26(25-13-8-7-9-14-25)33-34(27)38(4,5)23-37(33,2)3/h10-12,15-22,25H,7-9,13-14,23H2,1-6H3/q+1. The number of fused-ring (bicyclic) bond motifs is 4. The van der Waals surface area contributed by atoms with Gasteiger partial charge in [0.05, 0.1) is 5.56 Å². The van der Waals surface area contributed by atoms with Gasteiger partial charge in [0.1, 0.15) is 18.2 Å². The van der Waals surface area contributed by atoms with Crippen LogP contribution in [0.1, 0.15) is 94.4 Å². The van der Waals surface area contributed by atoms with E-state index >= 15 is 0 Å². The molecule has 1 saturated carbocycles. The Balaban J connectivity index is 1.51. The molecule has 2 aliphatic carbocycles. The highest BCUT2D eigenvalue weighted by molar-refractivity contribution is 6.13. The highest BCUT2D eigenvalue weighted by Crippen LogP contribution is 2.56. The second kappa shape index (κ2) is 9.06. The van der Waals surface area contributed by atoms with Crippen LogP contribution in [0.15, 0.2) is 71.3 Å². The molecule has 7 rings (SSSR count). The van der Waals surface area contributed by atoms with E-state index in [1.54, 1.807) is 16.7 Å². The number of pyridine rings is 1. The number of furan rings is 1. The van der Waals surface area contributed by atoms with Crippen LogP contribution in [0.2, 0.25) is 0 Å². The summed E-state index contributed by atoms with van der Waals surface area (Å²) in [5, 5.41) is 2.39. The molecule has 1 fully saturated rings. The monoisotopic (exact) mass is 528 g/mol. The molecule has 0 spiro atoms. The second-order valence-electron chi connectivity index (χ2n) is 13.8. The van der Waals surface area contributed by atoms with E-state index in [0.717, 1.165) is 11.2 Å². The SMILES string of the molecule is Cc1ccc2c(oc3c(-c4ccc(C5CCCCC5)c5c4C(C)(C)CC5(C)C)cccc32)c1-c1cccc[n+]1C. The van der Waals surface area contributed by atoms with Gasteiger partial charge in [0, 0.05) is 28.5 Å². The first-order valence-corrected chi connectivity index (χ1v) is 15.3. The Morgan fingerprint density at radius 1 is 0.725 bits per heavy atom. The van der Waals surface area contributed by atoms with Crippen LogP contribution in [0.3, 0.4) is 0 Å². The highest BCUT2D eigenvalue weighted by Gasteiger charge is 2.46. The van der Waals surface area contributed by atoms with Gasteiger partial charge in [-0.3, -0.25) is 0 Å². The molecule has 40 heavy (non-hydrogen) atoms. The van der Waals surface area contributed by atoms with Crippen LogP contribution in [0.25, 0.3) is 44.3 Å². The molecular weight excluding hydrogens is 486 g/mol. The van der Waals surface area contributed by atoms with Crippen molar-refractivity contribution in [3.63, 3.8) is 0 Å². The number of para-hydroxylation sites is 1. The van der Waals surface area contributed by atoms with Crippen molar-refractivity contribution >= 4 is 21.9 Å². The second-order valence-corrected chi connectivity index (χ2v) is 13.8. The van der Waals surface area contributed by atoms with Gasteiger partial charge in [-0.05, 0) is 76.8 Å². The number of nitrogens with zero attached hydrogens (tertiary/aromatic N) is 1. The summed E-state index contributed by atoms with van der Waals surface area (Å²) in [6, 6.07) is 22.6. The summed E-state index contributed by atoms with van der Waals surface area (Å²) in [5.74, 6) is 0.698. The molecule has 0 saturated heterocycles. The van der Waals surface area contributed by atoms with E-state index in [1.165, 1.54) is 77.2 Å². The van der Waals surface area contributed by atoms with E-state index in [1.807, 2.05) is 0 Å². The molecule has 0 radical (unpaired) electrons. The third-order valence-electron chi connectivity index (χ3n) is 10.00. The van der Waals surface area contributed by atoms with E-state index in [9.17, 15) is 0 Å². The van der Waals surface area contributed by atoms with E-state index in [-0.39, 0.29) is 10.8 Å². The highest BCUT2D eigenvalue weighted by atomic mass is 16.3. The molecule has 3 aromatic carbocycles. The summed E-state index contributed by atoms with van der Waals surface area (Å²) in [7, 11) is 2.11. The topological polar surface area (TPSA) is 17.0 Å². The van der Waals surface area contributed by atoms with Crippen LogP contribution in [0, 0.1) is 6.92 Å². The number of aromatic nitrogens is 1. The van der Waals surface area contributed by atoms with Crippen LogP contribution >= 0.6 is 0 Å². The van der Waals surface area contributed by atoms with Crippen molar-refractivity contribution in [1.82, 2.24) is 0 Å². The lowest BCUT2D eigenvalue weighted by Crippen LogP contribution is -2.30. The van der Waals surface area contributed by atoms with Crippen LogP contribution in [0.5, 0.6) is 0 Å². The molecule has 2 aliphatic rings. The van der Waals surface area contributed by atoms with Gasteiger partial charge in [-0.25, -0.2) is 4.57 Å². The summed E-state index contributed by atoms with van der Waals surface area (Å²) in [6.45, 7) is 12.1. The molecule has 0 aliphatic heterocycles. The average molecular weight is 529 g/mol. The number of hydrogen-bond donors (Lipinski definition) is 0. The van der Waals surface area contributed by atoms with Crippen LogP contribution in [-0.4, -0.2) is 0 Å². The maximum absolute atomic E-state index is 6.97. The molecule has 0 atom stereocenters. The minimum atomic E-state index is 0.104. The van der Waals surface area contributed by atoms with Gasteiger partial charge < -0.3 is 4.42 Å². The first kappa shape index (κ1) is 25.6. The normalized spacial score (nSPS) is 18.4. The Kier molecular flexibility index (Phi) is 5.79. The smallest absolute Gasteiger partial charge is 0.216 e. The van der Waals surface area contributed by atoms with Crippen LogP contribution < -0.4 is 4.57 Å². The molecule has 0 unspecified atom stereocenters. The lowest BCUT2D eigenvalue weighted by atomic mass is 9.74. The van der Waals surface area contributed by atoms with Gasteiger partial charge in [0.2, 0.25) is 5.69 Å². The first-order chi connectivity index (χ1) is 19.2. The van der Waals surface area contributed by atoms with Crippen molar-refractivity contribution in [3.05, 3.63) is 89.1 Å². The summed E-state index contributed by atoms with van der Waals surface area (Å²) >= 11 is 0. The fourth-order valence-corrected chi connectivity index (χ4v) is 8.58. The first-order valence-electron chi connectivity index (χ1n) is 15.3. The Bertz CT molecular complexity index is 1780. The fraction of sp³-hybridized carbons (Fsp3) is 0.395. The van der Waals surface area contributed by atoms with Crippen LogP contribution in [-0.2, 0) is 17.9 Å². The third-order valence-corrected chi connectivity index (χ3v) is 10.00. The fourth-order valence-electron chi connectivity index (χ4n) is 8.58. The van der Waals surface area contributed by atoms with Crippen molar-refractivity contribution in [2.75, 3.05) is 0 Å². The molecule has 2 heteroatoms. The van der Waals surface area contributed by atoms with Crippen molar-refractivity contribution in [1.29, 1.82) is 0 Å². The molecule has 2 heterocycles. The molecule has 2 aromatic heterocycles. The maximum atomic E-state index is 6.97. The summed E-state index contributed by atoms with van der Waals surface area (Å²) in [5.41, 5.74) is 13.2. The zero-order chi connectivity index (χ0) is 27.8. The molecule has 0 bridgehead atoms. The summed E-state index contributed by atoms with van der Waals surface area (Å²) < 4.78 is 9.16. The molecule has 0 amide bonds. The minimum absolute atomic E-state index is 0.104. The van der Waals surface area contributed by atoms with Crippen molar-refractivity contribution < 1.29 is 8.98 Å². The average Bonchev–Trinajstić information content (AvgIpc) is 3.40. The van der Waals surface area contributed by atoms with Crippen molar-refractivity contribution in [2.45, 2.75) is 89.9 Å². The molecule has 2 nitrogen and oxygen atoms in total. The quantitative estimate of drug-likeness (QED) is 0.213. The number of benzene rings is 3. The Hall–Kier alpha value is -3.39. The maximum Gasteiger partial charge on any atom is 0.216 e. The van der Waals surface area contributed by atoms with Gasteiger partial charge in [-0.15, -0.1) is 0 Å². The zero-order valence-electron chi connectivity index (χ0n) is 25.0. The van der Waals surface area contributed by atoms with Gasteiger partial charge in [-0.1, -0.05) is 89.4 Å². The summed E-state index contributed by atoms with van der Waals surface area (Å²) in [6.07, 6.45) is 10.1. The Labute approximate surface area is 239 Å².